The zero-order valence-corrected chi connectivity index (χ0v) is 12.7. The van der Waals surface area contributed by atoms with Gasteiger partial charge in [-0.25, -0.2) is 4.79 Å². The van der Waals surface area contributed by atoms with Crippen molar-refractivity contribution >= 4 is 24.5 Å². The van der Waals surface area contributed by atoms with Gasteiger partial charge in [0, 0.05) is 19.1 Å². The lowest BCUT2D eigenvalue weighted by Gasteiger charge is -2.35. The number of piperidine rings is 1. The molecule has 0 aromatic rings. The van der Waals surface area contributed by atoms with Crippen LogP contribution < -0.4 is 5.73 Å². The summed E-state index contributed by atoms with van der Waals surface area (Å²) in [5, 5.41) is 0. The highest BCUT2D eigenvalue weighted by Gasteiger charge is 2.34. The minimum atomic E-state index is -0.556. The van der Waals surface area contributed by atoms with Crippen molar-refractivity contribution in [2.45, 2.75) is 38.8 Å². The lowest BCUT2D eigenvalue weighted by atomic mass is 9.95. The smallest absolute Gasteiger partial charge is 0.410 e. The van der Waals surface area contributed by atoms with Gasteiger partial charge in [0.05, 0.1) is 13.0 Å². The average Bonchev–Trinajstić information content (AvgIpc) is 2.24. The Hall–Kier alpha value is -1.01. The molecule has 1 fully saturated rings. The minimum Gasteiger partial charge on any atom is -0.469 e. The monoisotopic (exact) mass is 294 g/mol. The number of esters is 1. The van der Waals surface area contributed by atoms with Crippen molar-refractivity contribution in [3.05, 3.63) is 0 Å². The maximum Gasteiger partial charge on any atom is 0.410 e. The van der Waals surface area contributed by atoms with Gasteiger partial charge in [-0.2, -0.15) is 0 Å². The molecule has 0 aliphatic carbocycles. The Morgan fingerprint density at radius 3 is 2.32 bits per heavy atom. The van der Waals surface area contributed by atoms with Gasteiger partial charge in [0.2, 0.25) is 0 Å². The molecule has 1 rings (SSSR count). The molecule has 1 heterocycles. The second-order valence-corrected chi connectivity index (χ2v) is 5.60. The van der Waals surface area contributed by atoms with Crippen LogP contribution in [0.2, 0.25) is 0 Å². The Balaban J connectivity index is 0.00000324. The molecule has 1 aliphatic heterocycles. The van der Waals surface area contributed by atoms with Crippen molar-refractivity contribution in [1.29, 1.82) is 0 Å². The Morgan fingerprint density at radius 2 is 1.84 bits per heavy atom. The molecule has 0 aromatic heterocycles. The molecule has 2 atom stereocenters. The van der Waals surface area contributed by atoms with Crippen LogP contribution in [0.4, 0.5) is 4.79 Å². The summed E-state index contributed by atoms with van der Waals surface area (Å²) < 4.78 is 9.96. The average molecular weight is 295 g/mol. The van der Waals surface area contributed by atoms with Crippen LogP contribution in [0.15, 0.2) is 0 Å². The highest BCUT2D eigenvalue weighted by molar-refractivity contribution is 5.85. The molecule has 0 aromatic carbocycles. The molecular formula is C12H23ClN2O4. The van der Waals surface area contributed by atoms with Crippen LogP contribution >= 0.6 is 12.4 Å². The van der Waals surface area contributed by atoms with Crippen LogP contribution in [0.3, 0.4) is 0 Å². The number of nitrogens with two attached hydrogens (primary N) is 1. The van der Waals surface area contributed by atoms with Crippen molar-refractivity contribution < 1.29 is 19.1 Å². The molecule has 0 radical (unpaired) electrons. The van der Waals surface area contributed by atoms with Gasteiger partial charge in [-0.15, -0.1) is 12.4 Å². The van der Waals surface area contributed by atoms with Crippen molar-refractivity contribution in [3.63, 3.8) is 0 Å². The van der Waals surface area contributed by atoms with Gasteiger partial charge in [0.25, 0.3) is 0 Å². The topological polar surface area (TPSA) is 81.9 Å². The van der Waals surface area contributed by atoms with Crippen LogP contribution in [0.25, 0.3) is 0 Å². The van der Waals surface area contributed by atoms with Crippen molar-refractivity contribution in [1.82, 2.24) is 4.90 Å². The largest absolute Gasteiger partial charge is 0.469 e. The van der Waals surface area contributed by atoms with E-state index in [0.717, 1.165) is 0 Å². The number of nitrogens with zero attached hydrogens (tertiary/aromatic N) is 1. The summed E-state index contributed by atoms with van der Waals surface area (Å²) in [6, 6.07) is -0.227. The van der Waals surface area contributed by atoms with Crippen molar-refractivity contribution in [2.75, 3.05) is 20.2 Å². The summed E-state index contributed by atoms with van der Waals surface area (Å²) in [5.74, 6) is -0.704. The van der Waals surface area contributed by atoms with Gasteiger partial charge in [-0.05, 0) is 27.2 Å². The lowest BCUT2D eigenvalue weighted by molar-refractivity contribution is -0.147. The van der Waals surface area contributed by atoms with E-state index in [2.05, 4.69) is 0 Å². The van der Waals surface area contributed by atoms with Crippen molar-refractivity contribution in [3.8, 4) is 0 Å². The first-order chi connectivity index (χ1) is 8.23. The van der Waals surface area contributed by atoms with Gasteiger partial charge in [0.15, 0.2) is 0 Å². The maximum absolute atomic E-state index is 11.9. The Bertz CT molecular complexity index is 330. The van der Waals surface area contributed by atoms with E-state index in [1.54, 1.807) is 20.8 Å². The van der Waals surface area contributed by atoms with E-state index in [0.29, 0.717) is 19.5 Å². The van der Waals surface area contributed by atoms with Crippen LogP contribution in [0.5, 0.6) is 0 Å². The number of hydrogen-bond acceptors (Lipinski definition) is 5. The van der Waals surface area contributed by atoms with E-state index in [9.17, 15) is 9.59 Å². The predicted octanol–water partition coefficient (Wildman–Crippen LogP) is 1.17. The fourth-order valence-corrected chi connectivity index (χ4v) is 1.95. The highest BCUT2D eigenvalue weighted by Crippen LogP contribution is 2.19. The number of rotatable bonds is 1. The number of halogens is 1. The zero-order chi connectivity index (χ0) is 13.9. The first kappa shape index (κ1) is 18.0. The number of carbonyl (C=O) groups is 2. The zero-order valence-electron chi connectivity index (χ0n) is 11.8. The summed E-state index contributed by atoms with van der Waals surface area (Å²) >= 11 is 0. The molecule has 1 saturated heterocycles. The van der Waals surface area contributed by atoms with E-state index in [1.807, 2.05) is 0 Å². The molecule has 0 saturated carbocycles. The minimum absolute atomic E-state index is 0. The number of ether oxygens (including phenoxy) is 2. The molecule has 19 heavy (non-hydrogen) atoms. The molecule has 2 N–H and O–H groups in total. The van der Waals surface area contributed by atoms with E-state index < -0.39 is 11.7 Å². The van der Waals surface area contributed by atoms with Crippen molar-refractivity contribution in [2.24, 2.45) is 11.7 Å². The molecular weight excluding hydrogens is 272 g/mol. The van der Waals surface area contributed by atoms with E-state index in [4.69, 9.17) is 15.2 Å². The van der Waals surface area contributed by atoms with Gasteiger partial charge in [0.1, 0.15) is 5.60 Å². The van der Waals surface area contributed by atoms with Gasteiger partial charge >= 0.3 is 12.1 Å². The SMILES string of the molecule is COC(=O)[C@@H]1C[C@H](N)CN(C(=O)OC(C)(C)C)C1.Cl. The van der Waals surface area contributed by atoms with Gasteiger partial charge in [-0.1, -0.05) is 0 Å². The first-order valence-corrected chi connectivity index (χ1v) is 6.04. The molecule has 6 nitrogen and oxygen atoms in total. The number of methoxy groups -OCH3 is 1. The van der Waals surface area contributed by atoms with Crippen LogP contribution in [0.1, 0.15) is 27.2 Å². The lowest BCUT2D eigenvalue weighted by Crippen LogP contribution is -2.52. The standard InChI is InChI=1S/C12H22N2O4.ClH/c1-12(2,3)18-11(16)14-6-8(10(15)17-4)5-9(13)7-14;/h8-9H,5-7,13H2,1-4H3;1H/t8-,9+;/m1./s1. The second kappa shape index (κ2) is 6.96. The Morgan fingerprint density at radius 1 is 1.26 bits per heavy atom. The molecule has 112 valence electrons. The van der Waals surface area contributed by atoms with E-state index >= 15 is 0 Å². The van der Waals surface area contributed by atoms with E-state index in [1.165, 1.54) is 12.0 Å². The number of amides is 1. The number of likely N-dealkylation sites (tertiary alicyclic amines) is 1. The molecule has 0 bridgehead atoms. The second-order valence-electron chi connectivity index (χ2n) is 5.60. The molecule has 0 unspecified atom stereocenters. The Kier molecular flexibility index (Phi) is 6.59. The maximum atomic E-state index is 11.9. The highest BCUT2D eigenvalue weighted by atomic mass is 35.5. The molecule has 7 heteroatoms. The number of hydrogen-bond donors (Lipinski definition) is 1. The molecule has 1 amide bonds. The number of carbonyl (C=O) groups excluding carboxylic acids is 2. The summed E-state index contributed by atoms with van der Waals surface area (Å²) in [5.41, 5.74) is 5.30. The third-order valence-corrected chi connectivity index (χ3v) is 2.67. The van der Waals surface area contributed by atoms with Crippen LogP contribution in [-0.4, -0.2) is 48.8 Å². The van der Waals surface area contributed by atoms with Gasteiger partial charge < -0.3 is 20.1 Å². The normalized spacial score (nSPS) is 23.3. The molecule has 1 aliphatic rings. The van der Waals surface area contributed by atoms with E-state index in [-0.39, 0.29) is 30.3 Å². The quantitative estimate of drug-likeness (QED) is 0.734. The van der Waals surface area contributed by atoms with Crippen LogP contribution in [-0.2, 0) is 14.3 Å². The summed E-state index contributed by atoms with van der Waals surface area (Å²) in [4.78, 5) is 24.9. The van der Waals surface area contributed by atoms with Crippen LogP contribution in [0, 0.1) is 5.92 Å². The van der Waals surface area contributed by atoms with Gasteiger partial charge in [-0.3, -0.25) is 4.79 Å². The first-order valence-electron chi connectivity index (χ1n) is 6.04. The predicted molar refractivity (Wildman–Crippen MR) is 73.2 cm³/mol. The third kappa shape index (κ3) is 5.65. The fraction of sp³-hybridized carbons (Fsp3) is 0.833. The fourth-order valence-electron chi connectivity index (χ4n) is 1.95. The Labute approximate surface area is 120 Å². The summed E-state index contributed by atoms with van der Waals surface area (Å²) in [7, 11) is 1.33. The third-order valence-electron chi connectivity index (χ3n) is 2.67. The molecule has 0 spiro atoms. The summed E-state index contributed by atoms with van der Waals surface area (Å²) in [6.07, 6.45) is 0.0953. The summed E-state index contributed by atoms with van der Waals surface area (Å²) in [6.45, 7) is 6.10.